The number of para-hydroxylation sites is 8. The highest BCUT2D eigenvalue weighted by Crippen LogP contribution is 2.35. The highest BCUT2D eigenvalue weighted by molar-refractivity contribution is 6.29. The Balaban J connectivity index is 0.000000146. The minimum atomic E-state index is 0.597. The monoisotopic (exact) mass is 786 g/mol. The number of benzene rings is 4. The van der Waals surface area contributed by atoms with Gasteiger partial charge in [0.15, 0.2) is 0 Å². The van der Waals surface area contributed by atoms with E-state index in [1.165, 1.54) is 51.4 Å². The maximum atomic E-state index is 6.41. The normalized spacial score (nSPS) is 20.2. The van der Waals surface area contributed by atoms with Gasteiger partial charge in [0.1, 0.15) is 0 Å². The molecule has 0 spiro atoms. The molecule has 4 aromatic carbocycles. The Morgan fingerprint density at radius 3 is 0.964 bits per heavy atom. The molecule has 4 aromatic heterocycles. The van der Waals surface area contributed by atoms with Crippen molar-refractivity contribution in [2.24, 2.45) is 23.7 Å². The van der Waals surface area contributed by atoms with Crippen LogP contribution in [0.4, 0.5) is 11.9 Å². The van der Waals surface area contributed by atoms with E-state index in [1.54, 1.807) is 0 Å². The van der Waals surface area contributed by atoms with Crippen LogP contribution in [0, 0.1) is 23.7 Å². The maximum Gasteiger partial charge on any atom is 0.203 e. The van der Waals surface area contributed by atoms with Crippen molar-refractivity contribution in [2.75, 3.05) is 11.5 Å². The molecule has 0 saturated heterocycles. The molecule has 8 aromatic rings. The lowest BCUT2D eigenvalue weighted by atomic mass is 9.82. The average molecular weight is 788 g/mol. The van der Waals surface area contributed by atoms with E-state index in [0.717, 1.165) is 70.3 Å². The summed E-state index contributed by atoms with van der Waals surface area (Å²) in [7, 11) is 0. The summed E-state index contributed by atoms with van der Waals surface area (Å²) in [5.74, 6) is 3.82. The minimum Gasteiger partial charge on any atom is -0.369 e. The molecular weight excluding hydrogens is 739 g/mol. The van der Waals surface area contributed by atoms with Crippen molar-refractivity contribution in [3.63, 3.8) is 0 Å². The average Bonchev–Trinajstić information content (AvgIpc) is 3.92. The van der Waals surface area contributed by atoms with E-state index < -0.39 is 0 Å². The highest BCUT2D eigenvalue weighted by Gasteiger charge is 2.26. The van der Waals surface area contributed by atoms with Crippen molar-refractivity contribution < 1.29 is 0 Å². The Morgan fingerprint density at radius 2 is 0.643 bits per heavy atom. The zero-order chi connectivity index (χ0) is 38.2. The first-order valence-corrected chi connectivity index (χ1v) is 20.8. The van der Waals surface area contributed by atoms with Crippen molar-refractivity contribution in [2.45, 2.75) is 77.5 Å². The van der Waals surface area contributed by atoms with Crippen molar-refractivity contribution in [1.29, 1.82) is 0 Å². The molecule has 56 heavy (non-hydrogen) atoms. The number of nitrogens with zero attached hydrogens (tertiary/aromatic N) is 8. The first kappa shape index (κ1) is 36.6. The van der Waals surface area contributed by atoms with Gasteiger partial charge in [-0.15, -0.1) is 0 Å². The van der Waals surface area contributed by atoms with Crippen LogP contribution in [-0.4, -0.2) is 38.2 Å². The van der Waals surface area contributed by atoms with Crippen molar-refractivity contribution in [1.82, 2.24) is 38.2 Å². The van der Waals surface area contributed by atoms with Crippen LogP contribution >= 0.6 is 23.2 Å². The van der Waals surface area contributed by atoms with Crippen molar-refractivity contribution >= 4 is 79.2 Å². The molecule has 0 radical (unpaired) electrons. The van der Waals surface area contributed by atoms with Gasteiger partial charge < -0.3 is 29.7 Å². The Hall–Kier alpha value is -5.06. The summed E-state index contributed by atoms with van der Waals surface area (Å²) in [5.41, 5.74) is 20.8. The van der Waals surface area contributed by atoms with Gasteiger partial charge in [-0.05, 0) is 147 Å². The predicted molar refractivity (Wildman–Crippen MR) is 229 cm³/mol. The van der Waals surface area contributed by atoms with Crippen LogP contribution < -0.4 is 11.5 Å². The minimum absolute atomic E-state index is 0.597. The smallest absolute Gasteiger partial charge is 0.203 e. The van der Waals surface area contributed by atoms with Gasteiger partial charge in [-0.25, -0.2) is 19.9 Å². The highest BCUT2D eigenvalue weighted by atomic mass is 35.5. The second-order valence-corrected chi connectivity index (χ2v) is 16.5. The summed E-state index contributed by atoms with van der Waals surface area (Å²) < 4.78 is 8.70. The fraction of sp³-hybridized carbons (Fsp3) is 0.364. The lowest BCUT2D eigenvalue weighted by molar-refractivity contribution is 0.236. The van der Waals surface area contributed by atoms with Crippen LogP contribution in [0.15, 0.2) is 97.1 Å². The lowest BCUT2D eigenvalue weighted by Crippen LogP contribution is -2.23. The number of halogens is 2. The van der Waals surface area contributed by atoms with Crippen LogP contribution in [0.1, 0.15) is 51.4 Å². The molecule has 4 heterocycles. The molecule has 0 atom stereocenters. The van der Waals surface area contributed by atoms with Crippen molar-refractivity contribution in [3.8, 4) is 0 Å². The first-order valence-electron chi connectivity index (χ1n) is 20.0. The van der Waals surface area contributed by atoms with Gasteiger partial charge in [-0.3, -0.25) is 0 Å². The second-order valence-electron chi connectivity index (χ2n) is 15.9. The van der Waals surface area contributed by atoms with E-state index in [1.807, 2.05) is 60.7 Å². The Morgan fingerprint density at radius 1 is 0.393 bits per heavy atom. The number of hydrogen-bond donors (Lipinski definition) is 2. The van der Waals surface area contributed by atoms with E-state index in [4.69, 9.17) is 34.7 Å². The van der Waals surface area contributed by atoms with Gasteiger partial charge in [0, 0.05) is 26.2 Å². The van der Waals surface area contributed by atoms with E-state index in [-0.39, 0.29) is 0 Å². The van der Waals surface area contributed by atoms with Crippen LogP contribution in [0.3, 0.4) is 0 Å². The number of hydrogen-bond acceptors (Lipinski definition) is 6. The molecule has 0 amide bonds. The summed E-state index contributed by atoms with van der Waals surface area (Å²) in [6.07, 6.45) is 9.67. The predicted octanol–water partition coefficient (Wildman–Crippen LogP) is 10.3. The molecule has 2 aliphatic rings. The molecule has 10 rings (SSSR count). The standard InChI is InChI=1S/C22H22Cl2N4.C22H26N6/c2*23-21-25-17-5-1-3-7-19(17)27(21)13-15-9-11-16(12-10-15)14-28-20-8-4-2-6-18(20)26-22(28)24/h1-8,15-16H,9-14H2;1-8,15-16H,9-14H2,(H2,23,25)(H2,24,26). The number of nitrogen functional groups attached to an aromatic ring is 2. The summed E-state index contributed by atoms with van der Waals surface area (Å²) in [6.45, 7) is 3.80. The SMILES string of the molecule is Clc1nc2ccccc2n1CC1CCC(Cn2c(Cl)nc3ccccc32)CC1.Nc1nc2ccccc2n1CC1CCC(Cn2c(N)nc3ccccc32)CC1. The molecule has 0 aliphatic heterocycles. The van der Waals surface area contributed by atoms with Crippen LogP contribution in [0.2, 0.25) is 10.6 Å². The Labute approximate surface area is 336 Å². The molecule has 2 aliphatic carbocycles. The fourth-order valence-corrected chi connectivity index (χ4v) is 9.74. The van der Waals surface area contributed by atoms with E-state index in [0.29, 0.717) is 46.1 Å². The molecule has 12 heteroatoms. The molecule has 0 unspecified atom stereocenters. The van der Waals surface area contributed by atoms with Crippen LogP contribution in [-0.2, 0) is 26.2 Å². The number of anilines is 2. The third-order valence-corrected chi connectivity index (χ3v) is 12.9. The third-order valence-electron chi connectivity index (χ3n) is 12.3. The van der Waals surface area contributed by atoms with Crippen LogP contribution in [0.5, 0.6) is 0 Å². The second kappa shape index (κ2) is 15.8. The topological polar surface area (TPSA) is 123 Å². The maximum absolute atomic E-state index is 6.41. The number of rotatable bonds is 8. The molecule has 288 valence electrons. The summed E-state index contributed by atoms with van der Waals surface area (Å²) in [4.78, 5) is 18.0. The summed E-state index contributed by atoms with van der Waals surface area (Å²) in [5, 5.41) is 1.19. The largest absolute Gasteiger partial charge is 0.369 e. The number of imidazole rings is 4. The van der Waals surface area contributed by atoms with Crippen molar-refractivity contribution in [3.05, 3.63) is 108 Å². The molecule has 0 bridgehead atoms. The number of aromatic nitrogens is 8. The Kier molecular flexibility index (Phi) is 10.3. The lowest BCUT2D eigenvalue weighted by Gasteiger charge is -2.29. The van der Waals surface area contributed by atoms with Gasteiger partial charge in [-0.1, -0.05) is 48.5 Å². The van der Waals surface area contributed by atoms with E-state index in [2.05, 4.69) is 74.6 Å². The van der Waals surface area contributed by atoms with E-state index >= 15 is 0 Å². The van der Waals surface area contributed by atoms with Gasteiger partial charge in [-0.2, -0.15) is 0 Å². The third kappa shape index (κ3) is 7.44. The number of nitrogens with two attached hydrogens (primary N) is 2. The Bertz CT molecular complexity index is 2240. The van der Waals surface area contributed by atoms with E-state index in [9.17, 15) is 0 Å². The van der Waals surface area contributed by atoms with Gasteiger partial charge in [0.25, 0.3) is 0 Å². The molecule has 4 N–H and O–H groups in total. The van der Waals surface area contributed by atoms with Crippen LogP contribution in [0.25, 0.3) is 44.1 Å². The zero-order valence-electron chi connectivity index (χ0n) is 31.5. The summed E-state index contributed by atoms with van der Waals surface area (Å²) >= 11 is 12.8. The van der Waals surface area contributed by atoms with Gasteiger partial charge in [0.05, 0.1) is 44.1 Å². The van der Waals surface area contributed by atoms with Gasteiger partial charge in [0.2, 0.25) is 22.5 Å². The zero-order valence-corrected chi connectivity index (χ0v) is 33.0. The molecule has 2 saturated carbocycles. The fourth-order valence-electron chi connectivity index (χ4n) is 9.24. The van der Waals surface area contributed by atoms with Gasteiger partial charge >= 0.3 is 0 Å². The first-order chi connectivity index (χ1) is 27.4. The number of fused-ring (bicyclic) bond motifs is 4. The quantitative estimate of drug-likeness (QED) is 0.158. The molecule has 2 fully saturated rings. The summed E-state index contributed by atoms with van der Waals surface area (Å²) in [6, 6.07) is 32.8. The molecule has 10 nitrogen and oxygen atoms in total. The molecular formula is C44H48Cl2N10.